The van der Waals surface area contributed by atoms with Gasteiger partial charge in [-0.15, -0.1) is 0 Å². The zero-order valence-electron chi connectivity index (χ0n) is 16.7. The van der Waals surface area contributed by atoms with Crippen molar-refractivity contribution in [3.05, 3.63) is 59.7 Å². The Morgan fingerprint density at radius 1 is 0.926 bits per heavy atom. The van der Waals surface area contributed by atoms with E-state index in [0.717, 1.165) is 11.1 Å². The molecule has 0 fully saturated rings. The quantitative estimate of drug-likeness (QED) is 0.373. The van der Waals surface area contributed by atoms with Gasteiger partial charge in [-0.05, 0) is 49.1 Å². The van der Waals surface area contributed by atoms with Gasteiger partial charge in [-0.25, -0.2) is 4.79 Å². The lowest BCUT2D eigenvalue weighted by Gasteiger charge is -2.21. The Morgan fingerprint density at radius 3 is 2.26 bits per heavy atom. The van der Waals surface area contributed by atoms with Crippen molar-refractivity contribution in [1.82, 2.24) is 0 Å². The van der Waals surface area contributed by atoms with Crippen molar-refractivity contribution in [3.8, 4) is 17.2 Å². The average molecular weight is 368 g/mol. The van der Waals surface area contributed by atoms with Crippen LogP contribution < -0.4 is 14.2 Å². The van der Waals surface area contributed by atoms with Crippen LogP contribution in [0.15, 0.2) is 48.5 Å². The molecule has 144 valence electrons. The second-order valence-corrected chi connectivity index (χ2v) is 7.07. The normalized spacial score (nSPS) is 11.4. The summed E-state index contributed by atoms with van der Waals surface area (Å²) in [5.41, 5.74) is 1.72. The maximum atomic E-state index is 12.3. The lowest BCUT2D eigenvalue weighted by molar-refractivity contribution is -0.128. The number of carbonyl (C=O) groups excluding carboxylic acids is 1. The number of carbonyl (C=O) groups is 1. The van der Waals surface area contributed by atoms with E-state index in [2.05, 4.69) is 20.8 Å². The molecule has 0 N–H and O–H groups in total. The Hall–Kier alpha value is -2.75. The highest BCUT2D eigenvalue weighted by molar-refractivity contribution is 5.89. The molecule has 0 amide bonds. The smallest absolute Gasteiger partial charge is 0.336 e. The van der Waals surface area contributed by atoms with Gasteiger partial charge in [-0.3, -0.25) is 0 Å². The standard InChI is InChI=1S/C23H28O4/c1-6-25-20-14-12-17(16-21(20)26-7-2)13-15-22(24)27-19-11-9-8-10-18(19)23(3,4)5/h8-16H,6-7H2,1-5H3/b15-13+. The SMILES string of the molecule is CCOc1ccc(/C=C/C(=O)Oc2ccccc2C(C)(C)C)cc1OCC. The zero-order valence-corrected chi connectivity index (χ0v) is 16.7. The molecule has 0 saturated heterocycles. The van der Waals surface area contributed by atoms with E-state index in [4.69, 9.17) is 14.2 Å². The molecule has 0 heterocycles. The van der Waals surface area contributed by atoms with Gasteiger partial charge < -0.3 is 14.2 Å². The van der Waals surface area contributed by atoms with E-state index in [1.165, 1.54) is 6.08 Å². The third kappa shape index (κ3) is 5.88. The van der Waals surface area contributed by atoms with Gasteiger partial charge in [0.2, 0.25) is 0 Å². The van der Waals surface area contributed by atoms with E-state index in [9.17, 15) is 4.79 Å². The van der Waals surface area contributed by atoms with E-state index in [0.29, 0.717) is 30.5 Å². The molecule has 0 radical (unpaired) electrons. The number of rotatable bonds is 7. The van der Waals surface area contributed by atoms with Crippen LogP contribution in [0.25, 0.3) is 6.08 Å². The summed E-state index contributed by atoms with van der Waals surface area (Å²) < 4.78 is 16.7. The molecule has 0 aliphatic heterocycles. The monoisotopic (exact) mass is 368 g/mol. The molecule has 0 saturated carbocycles. The van der Waals surface area contributed by atoms with Crippen LogP contribution in [0.5, 0.6) is 17.2 Å². The topological polar surface area (TPSA) is 44.8 Å². The lowest BCUT2D eigenvalue weighted by atomic mass is 9.86. The average Bonchev–Trinajstić information content (AvgIpc) is 2.62. The molecule has 4 nitrogen and oxygen atoms in total. The highest BCUT2D eigenvalue weighted by Gasteiger charge is 2.19. The molecule has 2 aromatic carbocycles. The minimum Gasteiger partial charge on any atom is -0.490 e. The van der Waals surface area contributed by atoms with Crippen molar-refractivity contribution >= 4 is 12.0 Å². The highest BCUT2D eigenvalue weighted by Crippen LogP contribution is 2.31. The summed E-state index contributed by atoms with van der Waals surface area (Å²) in [5, 5.41) is 0. The molecule has 0 bridgehead atoms. The molecule has 0 spiro atoms. The predicted octanol–water partition coefficient (Wildman–Crippen LogP) is 5.40. The van der Waals surface area contributed by atoms with Crippen LogP contribution >= 0.6 is 0 Å². The van der Waals surface area contributed by atoms with Crippen LogP contribution in [0, 0.1) is 0 Å². The summed E-state index contributed by atoms with van der Waals surface area (Å²) in [6.45, 7) is 11.2. The first kappa shape index (κ1) is 20.6. The van der Waals surface area contributed by atoms with Crippen LogP contribution in [0.2, 0.25) is 0 Å². The summed E-state index contributed by atoms with van der Waals surface area (Å²) in [4.78, 5) is 12.3. The summed E-state index contributed by atoms with van der Waals surface area (Å²) in [5.74, 6) is 1.52. The van der Waals surface area contributed by atoms with Gasteiger partial charge in [0, 0.05) is 11.6 Å². The van der Waals surface area contributed by atoms with Crippen molar-refractivity contribution in [3.63, 3.8) is 0 Å². The molecule has 0 atom stereocenters. The molecule has 2 rings (SSSR count). The number of hydrogen-bond acceptors (Lipinski definition) is 4. The predicted molar refractivity (Wildman–Crippen MR) is 109 cm³/mol. The largest absolute Gasteiger partial charge is 0.490 e. The van der Waals surface area contributed by atoms with Crippen LogP contribution in [0.3, 0.4) is 0 Å². The fourth-order valence-electron chi connectivity index (χ4n) is 2.65. The number of ether oxygens (including phenoxy) is 3. The zero-order chi connectivity index (χ0) is 19.9. The number of benzene rings is 2. The Labute approximate surface area is 161 Å². The van der Waals surface area contributed by atoms with Crippen molar-refractivity contribution in [2.75, 3.05) is 13.2 Å². The van der Waals surface area contributed by atoms with Gasteiger partial charge in [-0.2, -0.15) is 0 Å². The summed E-state index contributed by atoms with van der Waals surface area (Å²) in [7, 11) is 0. The minimum atomic E-state index is -0.418. The van der Waals surface area contributed by atoms with Crippen molar-refractivity contribution < 1.29 is 19.0 Å². The molecule has 0 aliphatic rings. The van der Waals surface area contributed by atoms with Gasteiger partial charge in [-0.1, -0.05) is 45.0 Å². The Morgan fingerprint density at radius 2 is 1.59 bits per heavy atom. The van der Waals surface area contributed by atoms with E-state index in [-0.39, 0.29) is 5.41 Å². The maximum absolute atomic E-state index is 12.3. The van der Waals surface area contributed by atoms with E-state index < -0.39 is 5.97 Å². The van der Waals surface area contributed by atoms with Crippen LogP contribution in [0.4, 0.5) is 0 Å². The molecule has 0 aliphatic carbocycles. The molecule has 0 aromatic heterocycles. The van der Waals surface area contributed by atoms with E-state index in [1.54, 1.807) is 6.08 Å². The fraction of sp³-hybridized carbons (Fsp3) is 0.348. The number of para-hydroxylation sites is 1. The third-order valence-electron chi connectivity index (χ3n) is 3.88. The van der Waals surface area contributed by atoms with Crippen molar-refractivity contribution in [2.24, 2.45) is 0 Å². The first-order valence-electron chi connectivity index (χ1n) is 9.24. The third-order valence-corrected chi connectivity index (χ3v) is 3.88. The Bertz CT molecular complexity index is 800. The number of hydrogen-bond donors (Lipinski definition) is 0. The van der Waals surface area contributed by atoms with Crippen LogP contribution in [0.1, 0.15) is 45.7 Å². The first-order valence-corrected chi connectivity index (χ1v) is 9.24. The molecule has 27 heavy (non-hydrogen) atoms. The minimum absolute atomic E-state index is 0.109. The summed E-state index contributed by atoms with van der Waals surface area (Å²) in [6, 6.07) is 13.2. The lowest BCUT2D eigenvalue weighted by Crippen LogP contribution is -2.15. The van der Waals surface area contributed by atoms with Gasteiger partial charge in [0.15, 0.2) is 11.5 Å². The van der Waals surface area contributed by atoms with Gasteiger partial charge in [0.1, 0.15) is 5.75 Å². The van der Waals surface area contributed by atoms with Gasteiger partial charge in [0.25, 0.3) is 0 Å². The van der Waals surface area contributed by atoms with Gasteiger partial charge >= 0.3 is 5.97 Å². The molecule has 4 heteroatoms. The van der Waals surface area contributed by atoms with Crippen LogP contribution in [-0.2, 0) is 10.2 Å². The fourth-order valence-corrected chi connectivity index (χ4v) is 2.65. The van der Waals surface area contributed by atoms with Crippen LogP contribution in [-0.4, -0.2) is 19.2 Å². The molecular formula is C23H28O4. The van der Waals surface area contributed by atoms with E-state index in [1.807, 2.05) is 56.3 Å². The molecule has 0 unspecified atom stereocenters. The first-order chi connectivity index (χ1) is 12.8. The van der Waals surface area contributed by atoms with Crippen molar-refractivity contribution in [1.29, 1.82) is 0 Å². The maximum Gasteiger partial charge on any atom is 0.336 e. The Balaban J connectivity index is 2.15. The summed E-state index contributed by atoms with van der Waals surface area (Å²) in [6.07, 6.45) is 3.13. The van der Waals surface area contributed by atoms with Gasteiger partial charge in [0.05, 0.1) is 13.2 Å². The molecule has 2 aromatic rings. The number of esters is 1. The summed E-state index contributed by atoms with van der Waals surface area (Å²) >= 11 is 0. The van der Waals surface area contributed by atoms with Crippen molar-refractivity contribution in [2.45, 2.75) is 40.0 Å². The second-order valence-electron chi connectivity index (χ2n) is 7.07. The Kier molecular flexibility index (Phi) is 7.05. The van der Waals surface area contributed by atoms with E-state index >= 15 is 0 Å². The highest BCUT2D eigenvalue weighted by atomic mass is 16.5. The second kappa shape index (κ2) is 9.26. The molecular weight excluding hydrogens is 340 g/mol.